The second-order valence-electron chi connectivity index (χ2n) is 8.67. The maximum absolute atomic E-state index is 13.5. The standard InChI is InChI=1S/C25H29F2N3O5/c1-30(2)12-11-20(24(32)33)28-22(31)13-21(23(26)27)29-25(34)35-14-19-17-9-5-3-7-15(17)16-8-4-6-10-18(16)19/h3-10,19-21,23H,11-14H2,1-2H3,(H,28,31)(H,29,34)(H,32,33). The van der Waals surface area contributed by atoms with Crippen LogP contribution in [0, 0.1) is 0 Å². The van der Waals surface area contributed by atoms with Gasteiger partial charge in [0.2, 0.25) is 5.91 Å². The number of aliphatic carboxylic acids is 1. The Balaban J connectivity index is 1.58. The first kappa shape index (κ1) is 26.1. The van der Waals surface area contributed by atoms with Crippen LogP contribution in [0.4, 0.5) is 13.6 Å². The number of ether oxygens (including phenoxy) is 1. The Bertz CT molecular complexity index is 1020. The van der Waals surface area contributed by atoms with Gasteiger partial charge in [-0.25, -0.2) is 18.4 Å². The van der Waals surface area contributed by atoms with Gasteiger partial charge in [-0.3, -0.25) is 4.79 Å². The second-order valence-corrected chi connectivity index (χ2v) is 8.67. The van der Waals surface area contributed by atoms with E-state index in [1.165, 1.54) is 0 Å². The maximum atomic E-state index is 13.5. The van der Waals surface area contributed by atoms with E-state index in [1.807, 2.05) is 53.8 Å². The number of halogens is 2. The molecular weight excluding hydrogens is 460 g/mol. The molecule has 0 fully saturated rings. The molecule has 3 rings (SSSR count). The number of amides is 2. The summed E-state index contributed by atoms with van der Waals surface area (Å²) in [4.78, 5) is 37.7. The summed E-state index contributed by atoms with van der Waals surface area (Å²) in [6, 6.07) is 12.4. The molecule has 35 heavy (non-hydrogen) atoms. The third-order valence-electron chi connectivity index (χ3n) is 5.85. The molecule has 10 heteroatoms. The minimum Gasteiger partial charge on any atom is -0.480 e. The van der Waals surface area contributed by atoms with Crippen LogP contribution in [0.5, 0.6) is 0 Å². The Labute approximate surface area is 202 Å². The van der Waals surface area contributed by atoms with Gasteiger partial charge in [0.1, 0.15) is 18.7 Å². The highest BCUT2D eigenvalue weighted by molar-refractivity contribution is 5.84. The van der Waals surface area contributed by atoms with Crippen molar-refractivity contribution >= 4 is 18.0 Å². The smallest absolute Gasteiger partial charge is 0.407 e. The molecule has 0 heterocycles. The van der Waals surface area contributed by atoms with Crippen LogP contribution in [0.25, 0.3) is 11.1 Å². The topological polar surface area (TPSA) is 108 Å². The van der Waals surface area contributed by atoms with Gasteiger partial charge in [0, 0.05) is 12.5 Å². The lowest BCUT2D eigenvalue weighted by atomic mass is 9.98. The lowest BCUT2D eigenvalue weighted by molar-refractivity contribution is -0.142. The highest BCUT2D eigenvalue weighted by Crippen LogP contribution is 2.44. The fourth-order valence-electron chi connectivity index (χ4n) is 4.09. The molecule has 0 aliphatic heterocycles. The highest BCUT2D eigenvalue weighted by Gasteiger charge is 2.31. The summed E-state index contributed by atoms with van der Waals surface area (Å²) in [5, 5.41) is 13.5. The molecule has 3 N–H and O–H groups in total. The van der Waals surface area contributed by atoms with Crippen molar-refractivity contribution in [3.8, 4) is 11.1 Å². The van der Waals surface area contributed by atoms with E-state index in [1.54, 1.807) is 19.0 Å². The first-order valence-electron chi connectivity index (χ1n) is 11.2. The number of carboxylic acid groups (broad SMARTS) is 1. The fraction of sp³-hybridized carbons (Fsp3) is 0.400. The zero-order valence-corrected chi connectivity index (χ0v) is 19.5. The van der Waals surface area contributed by atoms with Crippen molar-refractivity contribution in [2.75, 3.05) is 27.2 Å². The maximum Gasteiger partial charge on any atom is 0.407 e. The zero-order chi connectivity index (χ0) is 25.5. The number of carbonyl (C=O) groups excluding carboxylic acids is 2. The van der Waals surface area contributed by atoms with Crippen molar-refractivity contribution in [3.05, 3.63) is 59.7 Å². The van der Waals surface area contributed by atoms with E-state index in [4.69, 9.17) is 4.74 Å². The third-order valence-corrected chi connectivity index (χ3v) is 5.85. The molecule has 0 saturated heterocycles. The van der Waals surface area contributed by atoms with Crippen LogP contribution in [0.15, 0.2) is 48.5 Å². The number of alkyl carbamates (subject to hydrolysis) is 1. The van der Waals surface area contributed by atoms with Crippen LogP contribution < -0.4 is 10.6 Å². The summed E-state index contributed by atoms with van der Waals surface area (Å²) in [5.41, 5.74) is 4.01. The molecule has 2 amide bonds. The van der Waals surface area contributed by atoms with Gasteiger partial charge in [-0.1, -0.05) is 48.5 Å². The Hall–Kier alpha value is -3.53. The molecule has 1 aliphatic carbocycles. The van der Waals surface area contributed by atoms with Crippen molar-refractivity contribution in [2.45, 2.75) is 37.3 Å². The van der Waals surface area contributed by atoms with Crippen molar-refractivity contribution < 1.29 is 33.0 Å². The summed E-state index contributed by atoms with van der Waals surface area (Å²) in [6.07, 6.45) is -4.81. The van der Waals surface area contributed by atoms with E-state index < -0.39 is 42.9 Å². The number of fused-ring (bicyclic) bond motifs is 3. The number of carboxylic acids is 1. The Morgan fingerprint density at radius 1 is 1.00 bits per heavy atom. The Morgan fingerprint density at radius 2 is 1.57 bits per heavy atom. The first-order chi connectivity index (χ1) is 16.7. The largest absolute Gasteiger partial charge is 0.480 e. The first-order valence-corrected chi connectivity index (χ1v) is 11.2. The van der Waals surface area contributed by atoms with Crippen molar-refractivity contribution in [1.29, 1.82) is 0 Å². The molecule has 0 bridgehead atoms. The highest BCUT2D eigenvalue weighted by atomic mass is 19.3. The molecule has 2 unspecified atom stereocenters. The predicted molar refractivity (Wildman–Crippen MR) is 125 cm³/mol. The number of carbonyl (C=O) groups is 3. The van der Waals surface area contributed by atoms with E-state index in [0.29, 0.717) is 6.54 Å². The number of hydrogen-bond acceptors (Lipinski definition) is 5. The molecule has 2 aromatic carbocycles. The van der Waals surface area contributed by atoms with Crippen molar-refractivity contribution in [1.82, 2.24) is 15.5 Å². The van der Waals surface area contributed by atoms with E-state index in [0.717, 1.165) is 22.3 Å². The van der Waals surface area contributed by atoms with Gasteiger partial charge in [0.15, 0.2) is 0 Å². The Morgan fingerprint density at radius 3 is 2.09 bits per heavy atom. The van der Waals surface area contributed by atoms with Gasteiger partial charge >= 0.3 is 12.1 Å². The molecule has 2 aromatic rings. The van der Waals surface area contributed by atoms with Gasteiger partial charge in [0.05, 0.1) is 6.42 Å². The van der Waals surface area contributed by atoms with Crippen molar-refractivity contribution in [2.24, 2.45) is 0 Å². The van der Waals surface area contributed by atoms with Gasteiger partial charge in [0.25, 0.3) is 6.43 Å². The quantitative estimate of drug-likeness (QED) is 0.448. The minimum atomic E-state index is -3.05. The molecule has 8 nitrogen and oxygen atoms in total. The number of hydrogen-bond donors (Lipinski definition) is 3. The molecular formula is C25H29F2N3O5. The van der Waals surface area contributed by atoms with Crippen LogP contribution in [0.1, 0.15) is 29.9 Å². The van der Waals surface area contributed by atoms with Crippen LogP contribution in [0.3, 0.4) is 0 Å². The van der Waals surface area contributed by atoms with E-state index in [-0.39, 0.29) is 18.9 Å². The molecule has 188 valence electrons. The van der Waals surface area contributed by atoms with Crippen LogP contribution in [0.2, 0.25) is 0 Å². The minimum absolute atomic E-state index is 0.0619. The van der Waals surface area contributed by atoms with Crippen LogP contribution in [-0.2, 0) is 14.3 Å². The fourth-order valence-corrected chi connectivity index (χ4v) is 4.09. The monoisotopic (exact) mass is 489 g/mol. The summed E-state index contributed by atoms with van der Waals surface area (Å²) < 4.78 is 32.3. The predicted octanol–water partition coefficient (Wildman–Crippen LogP) is 3.07. The normalized spacial score (nSPS) is 14.2. The number of benzene rings is 2. The average molecular weight is 490 g/mol. The zero-order valence-electron chi connectivity index (χ0n) is 19.5. The molecule has 1 aliphatic rings. The molecule has 0 radical (unpaired) electrons. The van der Waals surface area contributed by atoms with Gasteiger partial charge in [-0.2, -0.15) is 0 Å². The number of rotatable bonds is 11. The summed E-state index contributed by atoms with van der Waals surface area (Å²) in [6.45, 7) is 0.321. The lowest BCUT2D eigenvalue weighted by Crippen LogP contribution is -2.47. The lowest BCUT2D eigenvalue weighted by Gasteiger charge is -2.21. The van der Waals surface area contributed by atoms with Crippen LogP contribution >= 0.6 is 0 Å². The average Bonchev–Trinajstić information content (AvgIpc) is 3.13. The summed E-state index contributed by atoms with van der Waals surface area (Å²) >= 11 is 0. The second kappa shape index (κ2) is 11.7. The van der Waals surface area contributed by atoms with E-state index in [2.05, 4.69) is 5.32 Å². The van der Waals surface area contributed by atoms with E-state index in [9.17, 15) is 28.3 Å². The molecule has 0 saturated carbocycles. The van der Waals surface area contributed by atoms with Gasteiger partial charge in [-0.15, -0.1) is 0 Å². The van der Waals surface area contributed by atoms with Crippen molar-refractivity contribution in [3.63, 3.8) is 0 Å². The number of nitrogens with zero attached hydrogens (tertiary/aromatic N) is 1. The molecule has 2 atom stereocenters. The SMILES string of the molecule is CN(C)CCC(NC(=O)CC(NC(=O)OCC1c2ccccc2-c2ccccc21)C(F)F)C(=O)O. The Kier molecular flexibility index (Phi) is 8.75. The van der Waals surface area contributed by atoms with E-state index >= 15 is 0 Å². The number of alkyl halides is 2. The molecule has 0 aromatic heterocycles. The van der Waals surface area contributed by atoms with Gasteiger partial charge < -0.3 is 25.4 Å². The third kappa shape index (κ3) is 6.75. The number of nitrogens with one attached hydrogen (secondary N) is 2. The van der Waals surface area contributed by atoms with Gasteiger partial charge in [-0.05, 0) is 42.8 Å². The molecule has 0 spiro atoms. The summed E-state index contributed by atoms with van der Waals surface area (Å²) in [5.74, 6) is -2.41. The summed E-state index contributed by atoms with van der Waals surface area (Å²) in [7, 11) is 3.48. The van der Waals surface area contributed by atoms with Crippen LogP contribution in [-0.4, -0.2) is 73.7 Å².